The van der Waals surface area contributed by atoms with Gasteiger partial charge in [-0.05, 0) is 49.4 Å². The predicted molar refractivity (Wildman–Crippen MR) is 59.5 cm³/mol. The van der Waals surface area contributed by atoms with E-state index in [0.717, 1.165) is 24.2 Å². The zero-order valence-electron chi connectivity index (χ0n) is 9.97. The van der Waals surface area contributed by atoms with Gasteiger partial charge in [-0.15, -0.1) is 0 Å². The van der Waals surface area contributed by atoms with E-state index in [1.807, 2.05) is 0 Å². The standard InChI is InChI=1S/C13H20F3N/c14-13(15,16)4-5-17-12-7-8-6-11(12)10-3-1-2-9(8)10/h8-12,17H,1-7H2. The van der Waals surface area contributed by atoms with Gasteiger partial charge < -0.3 is 5.32 Å². The maximum Gasteiger partial charge on any atom is 0.390 e. The van der Waals surface area contributed by atoms with E-state index in [4.69, 9.17) is 0 Å². The summed E-state index contributed by atoms with van der Waals surface area (Å²) in [6, 6.07) is 0.377. The lowest BCUT2D eigenvalue weighted by molar-refractivity contribution is -0.133. The van der Waals surface area contributed by atoms with Crippen molar-refractivity contribution in [2.75, 3.05) is 6.54 Å². The highest BCUT2D eigenvalue weighted by molar-refractivity contribution is 5.05. The summed E-state index contributed by atoms with van der Waals surface area (Å²) >= 11 is 0. The molecule has 3 aliphatic rings. The first-order chi connectivity index (χ1) is 8.04. The van der Waals surface area contributed by atoms with Crippen molar-refractivity contribution in [3.8, 4) is 0 Å². The first kappa shape index (κ1) is 11.8. The quantitative estimate of drug-likeness (QED) is 0.806. The molecular formula is C13H20F3N. The van der Waals surface area contributed by atoms with Crippen LogP contribution in [0.3, 0.4) is 0 Å². The van der Waals surface area contributed by atoms with Gasteiger partial charge in [0.1, 0.15) is 0 Å². The fourth-order valence-electron chi connectivity index (χ4n) is 4.70. The molecule has 5 unspecified atom stereocenters. The Morgan fingerprint density at radius 1 is 1.00 bits per heavy atom. The number of hydrogen-bond donors (Lipinski definition) is 1. The van der Waals surface area contributed by atoms with Gasteiger partial charge in [-0.3, -0.25) is 0 Å². The van der Waals surface area contributed by atoms with Crippen LogP contribution in [-0.2, 0) is 0 Å². The molecule has 3 rings (SSSR count). The van der Waals surface area contributed by atoms with Crippen molar-refractivity contribution in [2.24, 2.45) is 23.7 Å². The van der Waals surface area contributed by atoms with E-state index in [2.05, 4.69) is 5.32 Å². The fourth-order valence-corrected chi connectivity index (χ4v) is 4.70. The molecule has 3 saturated carbocycles. The number of fused-ring (bicyclic) bond motifs is 5. The van der Waals surface area contributed by atoms with Crippen LogP contribution in [0.25, 0.3) is 0 Å². The van der Waals surface area contributed by atoms with Gasteiger partial charge in [-0.25, -0.2) is 0 Å². The van der Waals surface area contributed by atoms with Crippen molar-refractivity contribution < 1.29 is 13.2 Å². The maximum atomic E-state index is 12.1. The molecule has 0 saturated heterocycles. The second kappa shape index (κ2) is 4.15. The third kappa shape index (κ3) is 2.20. The molecule has 3 aliphatic carbocycles. The van der Waals surface area contributed by atoms with Crippen LogP contribution < -0.4 is 5.32 Å². The third-order valence-electron chi connectivity index (χ3n) is 5.24. The zero-order chi connectivity index (χ0) is 12.0. The van der Waals surface area contributed by atoms with Crippen molar-refractivity contribution in [1.82, 2.24) is 5.32 Å². The first-order valence-electron chi connectivity index (χ1n) is 6.85. The summed E-state index contributed by atoms with van der Waals surface area (Å²) < 4.78 is 36.3. The van der Waals surface area contributed by atoms with Crippen LogP contribution >= 0.6 is 0 Å². The second-order valence-electron chi connectivity index (χ2n) is 6.08. The van der Waals surface area contributed by atoms with Crippen LogP contribution in [-0.4, -0.2) is 18.8 Å². The smallest absolute Gasteiger partial charge is 0.313 e. The summed E-state index contributed by atoms with van der Waals surface area (Å²) in [7, 11) is 0. The number of halogens is 3. The van der Waals surface area contributed by atoms with Gasteiger partial charge in [0.05, 0.1) is 6.42 Å². The Kier molecular flexibility index (Phi) is 2.88. The molecule has 0 spiro atoms. The summed E-state index contributed by atoms with van der Waals surface area (Å²) in [6.45, 7) is 0.106. The van der Waals surface area contributed by atoms with Crippen LogP contribution in [0, 0.1) is 23.7 Å². The molecule has 1 nitrogen and oxygen atoms in total. The monoisotopic (exact) mass is 247 g/mol. The van der Waals surface area contributed by atoms with Gasteiger partial charge in [-0.1, -0.05) is 6.42 Å². The molecule has 98 valence electrons. The number of nitrogens with one attached hydrogen (secondary N) is 1. The Hall–Kier alpha value is -0.250. The molecule has 0 aromatic carbocycles. The van der Waals surface area contributed by atoms with E-state index in [1.54, 1.807) is 0 Å². The molecule has 1 N–H and O–H groups in total. The summed E-state index contributed by atoms with van der Waals surface area (Å²) in [5.41, 5.74) is 0. The van der Waals surface area contributed by atoms with E-state index in [-0.39, 0.29) is 6.54 Å². The van der Waals surface area contributed by atoms with Crippen molar-refractivity contribution in [2.45, 2.75) is 50.7 Å². The minimum atomic E-state index is -4.01. The molecule has 0 aromatic heterocycles. The summed E-state index contributed by atoms with van der Waals surface area (Å²) in [5, 5.41) is 3.16. The topological polar surface area (TPSA) is 12.0 Å². The molecule has 0 heterocycles. The molecule has 0 amide bonds. The third-order valence-corrected chi connectivity index (χ3v) is 5.24. The van der Waals surface area contributed by atoms with Gasteiger partial charge in [0.15, 0.2) is 0 Å². The maximum absolute atomic E-state index is 12.1. The Bertz CT molecular complexity index is 289. The van der Waals surface area contributed by atoms with Gasteiger partial charge in [0.25, 0.3) is 0 Å². The predicted octanol–water partition coefficient (Wildman–Crippen LogP) is 3.35. The Morgan fingerprint density at radius 3 is 2.53 bits per heavy atom. The highest BCUT2D eigenvalue weighted by atomic mass is 19.4. The fraction of sp³-hybridized carbons (Fsp3) is 1.00. The molecule has 2 bridgehead atoms. The van der Waals surface area contributed by atoms with Gasteiger partial charge >= 0.3 is 6.18 Å². The largest absolute Gasteiger partial charge is 0.390 e. The summed E-state index contributed by atoms with van der Waals surface area (Å²) in [4.78, 5) is 0. The van der Waals surface area contributed by atoms with Crippen molar-refractivity contribution >= 4 is 0 Å². The van der Waals surface area contributed by atoms with Gasteiger partial charge in [-0.2, -0.15) is 13.2 Å². The molecule has 0 radical (unpaired) electrons. The lowest BCUT2D eigenvalue weighted by Crippen LogP contribution is -2.40. The van der Waals surface area contributed by atoms with E-state index < -0.39 is 12.6 Å². The Labute approximate surface area is 100 Å². The van der Waals surface area contributed by atoms with Gasteiger partial charge in [0.2, 0.25) is 0 Å². The van der Waals surface area contributed by atoms with E-state index in [9.17, 15) is 13.2 Å². The second-order valence-corrected chi connectivity index (χ2v) is 6.08. The van der Waals surface area contributed by atoms with E-state index >= 15 is 0 Å². The molecule has 5 atom stereocenters. The van der Waals surface area contributed by atoms with Crippen LogP contribution in [0.4, 0.5) is 13.2 Å². The first-order valence-corrected chi connectivity index (χ1v) is 6.85. The minimum Gasteiger partial charge on any atom is -0.313 e. The summed E-state index contributed by atoms with van der Waals surface area (Å²) in [6.07, 6.45) is 1.75. The SMILES string of the molecule is FC(F)(F)CCNC1CC2CC1C1CCCC21. The van der Waals surface area contributed by atoms with Gasteiger partial charge in [0, 0.05) is 12.6 Å². The molecule has 3 fully saturated rings. The highest BCUT2D eigenvalue weighted by Gasteiger charge is 2.53. The van der Waals surface area contributed by atoms with Crippen molar-refractivity contribution in [1.29, 1.82) is 0 Å². The van der Waals surface area contributed by atoms with Crippen molar-refractivity contribution in [3.63, 3.8) is 0 Å². The van der Waals surface area contributed by atoms with E-state index in [0.29, 0.717) is 12.0 Å². The van der Waals surface area contributed by atoms with E-state index in [1.165, 1.54) is 25.7 Å². The lowest BCUT2D eigenvalue weighted by Gasteiger charge is -2.32. The van der Waals surface area contributed by atoms with Crippen LogP contribution in [0.15, 0.2) is 0 Å². The molecular weight excluding hydrogens is 227 g/mol. The minimum absolute atomic E-state index is 0.106. The molecule has 17 heavy (non-hydrogen) atoms. The van der Waals surface area contributed by atoms with Crippen LogP contribution in [0.2, 0.25) is 0 Å². The Morgan fingerprint density at radius 2 is 1.76 bits per heavy atom. The average Bonchev–Trinajstić information content (AvgIpc) is 2.85. The molecule has 0 aromatic rings. The average molecular weight is 247 g/mol. The molecule has 0 aliphatic heterocycles. The van der Waals surface area contributed by atoms with Crippen LogP contribution in [0.5, 0.6) is 0 Å². The highest BCUT2D eigenvalue weighted by Crippen LogP contribution is 2.58. The normalized spacial score (nSPS) is 44.3. The van der Waals surface area contributed by atoms with Crippen molar-refractivity contribution in [3.05, 3.63) is 0 Å². The zero-order valence-corrected chi connectivity index (χ0v) is 9.97. The lowest BCUT2D eigenvalue weighted by atomic mass is 9.79. The number of hydrogen-bond acceptors (Lipinski definition) is 1. The Balaban J connectivity index is 1.51. The number of rotatable bonds is 3. The summed E-state index contributed by atoms with van der Waals surface area (Å²) in [5.74, 6) is 3.24. The number of alkyl halides is 3. The molecule has 4 heteroatoms. The van der Waals surface area contributed by atoms with Crippen LogP contribution in [0.1, 0.15) is 38.5 Å².